The maximum Gasteiger partial charge on any atom is 0.260 e. The zero-order chi connectivity index (χ0) is 13.9. The van der Waals surface area contributed by atoms with Gasteiger partial charge in [-0.15, -0.1) is 11.6 Å². The number of nitrogens with zero attached hydrogens (tertiary/aromatic N) is 3. The van der Waals surface area contributed by atoms with Crippen molar-refractivity contribution in [1.29, 1.82) is 0 Å². The first kappa shape index (κ1) is 14.7. The molecule has 5 nitrogen and oxygen atoms in total. The van der Waals surface area contributed by atoms with Gasteiger partial charge in [-0.2, -0.15) is 4.31 Å². The Labute approximate surface area is 119 Å². The van der Waals surface area contributed by atoms with Crippen LogP contribution in [-0.4, -0.2) is 55.8 Å². The number of hydrogen-bond donors (Lipinski definition) is 0. The molecule has 1 saturated heterocycles. The van der Waals surface area contributed by atoms with E-state index in [-0.39, 0.29) is 5.03 Å². The smallest absolute Gasteiger partial charge is 0.260 e. The normalized spacial score (nSPS) is 19.3. The van der Waals surface area contributed by atoms with Gasteiger partial charge in [0.1, 0.15) is 0 Å². The van der Waals surface area contributed by atoms with Crippen LogP contribution in [0.2, 0.25) is 0 Å². The number of aromatic nitrogens is 1. The molecule has 0 spiro atoms. The lowest BCUT2D eigenvalue weighted by atomic mass is 10.3. The van der Waals surface area contributed by atoms with Gasteiger partial charge in [0.05, 0.1) is 0 Å². The molecular weight excluding hydrogens is 286 g/mol. The minimum Gasteiger partial charge on any atom is -0.305 e. The predicted octanol–water partition coefficient (Wildman–Crippen LogP) is 1.15. The maximum atomic E-state index is 12.5. The average molecular weight is 304 g/mol. The Hall–Kier alpha value is -0.690. The van der Waals surface area contributed by atoms with Crippen LogP contribution < -0.4 is 0 Å². The highest BCUT2D eigenvalue weighted by Crippen LogP contribution is 2.16. The summed E-state index contributed by atoms with van der Waals surface area (Å²) in [6.45, 7) is 2.73. The zero-order valence-corrected chi connectivity index (χ0v) is 12.5. The van der Waals surface area contributed by atoms with E-state index < -0.39 is 10.0 Å². The summed E-state index contributed by atoms with van der Waals surface area (Å²) in [5.41, 5.74) is 0.816. The number of alkyl halides is 1. The van der Waals surface area contributed by atoms with E-state index in [1.807, 2.05) is 7.05 Å². The molecule has 0 radical (unpaired) electrons. The van der Waals surface area contributed by atoms with E-state index in [9.17, 15) is 8.42 Å². The molecule has 1 aromatic heterocycles. The van der Waals surface area contributed by atoms with E-state index in [4.69, 9.17) is 11.6 Å². The highest BCUT2D eigenvalue weighted by molar-refractivity contribution is 7.89. The first-order chi connectivity index (χ1) is 9.04. The van der Waals surface area contributed by atoms with Crippen LogP contribution in [0.25, 0.3) is 0 Å². The summed E-state index contributed by atoms with van der Waals surface area (Å²) in [5, 5.41) is 0.103. The zero-order valence-electron chi connectivity index (χ0n) is 10.9. The average Bonchev–Trinajstić information content (AvgIpc) is 2.64. The molecule has 0 saturated carbocycles. The van der Waals surface area contributed by atoms with Gasteiger partial charge in [-0.25, -0.2) is 13.4 Å². The Bertz CT molecular complexity index is 518. The fourth-order valence-corrected chi connectivity index (χ4v) is 3.58. The molecule has 0 N–H and O–H groups in total. The van der Waals surface area contributed by atoms with E-state index in [0.717, 1.165) is 25.1 Å². The van der Waals surface area contributed by atoms with E-state index in [1.165, 1.54) is 16.6 Å². The number of likely N-dealkylation sites (N-methyl/N-ethyl adjacent to an activating group) is 1. The second kappa shape index (κ2) is 6.17. The minimum atomic E-state index is -3.48. The lowest BCUT2D eigenvalue weighted by Gasteiger charge is -2.19. The summed E-state index contributed by atoms with van der Waals surface area (Å²) in [6, 6.07) is 3.23. The number of halogens is 1. The molecule has 19 heavy (non-hydrogen) atoms. The van der Waals surface area contributed by atoms with Crippen molar-refractivity contribution in [3.05, 3.63) is 23.9 Å². The van der Waals surface area contributed by atoms with Gasteiger partial charge < -0.3 is 4.90 Å². The molecule has 1 aliphatic rings. The van der Waals surface area contributed by atoms with E-state index in [1.54, 1.807) is 6.07 Å². The van der Waals surface area contributed by atoms with E-state index in [2.05, 4.69) is 9.88 Å². The molecule has 1 aromatic rings. The third kappa shape index (κ3) is 3.45. The predicted molar refractivity (Wildman–Crippen MR) is 74.7 cm³/mol. The molecule has 7 heteroatoms. The van der Waals surface area contributed by atoms with Crippen molar-refractivity contribution in [2.75, 3.05) is 33.2 Å². The Morgan fingerprint density at radius 3 is 2.68 bits per heavy atom. The van der Waals surface area contributed by atoms with Gasteiger partial charge in [0.2, 0.25) is 0 Å². The fourth-order valence-electron chi connectivity index (χ4n) is 2.04. The highest BCUT2D eigenvalue weighted by Gasteiger charge is 2.27. The molecule has 1 aliphatic heterocycles. The molecule has 0 aromatic carbocycles. The van der Waals surface area contributed by atoms with Crippen molar-refractivity contribution in [3.8, 4) is 0 Å². The Morgan fingerprint density at radius 1 is 1.26 bits per heavy atom. The van der Waals surface area contributed by atoms with Crippen LogP contribution in [0.15, 0.2) is 23.4 Å². The molecule has 0 bridgehead atoms. The van der Waals surface area contributed by atoms with Crippen LogP contribution in [0.3, 0.4) is 0 Å². The van der Waals surface area contributed by atoms with Crippen LogP contribution in [-0.2, 0) is 15.9 Å². The van der Waals surface area contributed by atoms with Crippen LogP contribution in [0.4, 0.5) is 0 Å². The highest BCUT2D eigenvalue weighted by atomic mass is 35.5. The minimum absolute atomic E-state index is 0.103. The van der Waals surface area contributed by atoms with Gasteiger partial charge in [0, 0.05) is 31.7 Å². The van der Waals surface area contributed by atoms with Crippen LogP contribution in [0.1, 0.15) is 12.0 Å². The molecule has 0 amide bonds. The Balaban J connectivity index is 2.20. The Kier molecular flexibility index (Phi) is 4.78. The fraction of sp³-hybridized carbons (Fsp3) is 0.583. The van der Waals surface area contributed by atoms with Crippen LogP contribution >= 0.6 is 11.6 Å². The number of pyridine rings is 1. The van der Waals surface area contributed by atoms with E-state index >= 15 is 0 Å². The van der Waals surface area contributed by atoms with Crippen molar-refractivity contribution in [2.45, 2.75) is 17.3 Å². The molecule has 106 valence electrons. The van der Waals surface area contributed by atoms with Gasteiger partial charge in [-0.3, -0.25) is 0 Å². The summed E-state index contributed by atoms with van der Waals surface area (Å²) in [6.07, 6.45) is 2.36. The second-order valence-corrected chi connectivity index (χ2v) is 6.85. The van der Waals surface area contributed by atoms with Gasteiger partial charge in [0.15, 0.2) is 5.03 Å². The van der Waals surface area contributed by atoms with Gasteiger partial charge in [-0.1, -0.05) is 6.07 Å². The first-order valence-corrected chi connectivity index (χ1v) is 8.21. The van der Waals surface area contributed by atoms with Crippen molar-refractivity contribution >= 4 is 21.6 Å². The van der Waals surface area contributed by atoms with E-state index in [0.29, 0.717) is 19.0 Å². The monoisotopic (exact) mass is 303 g/mol. The third-order valence-electron chi connectivity index (χ3n) is 3.23. The van der Waals surface area contributed by atoms with Crippen molar-refractivity contribution in [2.24, 2.45) is 0 Å². The SMILES string of the molecule is CN1CCCN(S(=O)(=O)c2ccc(CCl)cn2)CC1. The second-order valence-electron chi connectivity index (χ2n) is 4.70. The first-order valence-electron chi connectivity index (χ1n) is 6.23. The lowest BCUT2D eigenvalue weighted by Crippen LogP contribution is -2.34. The summed E-state index contributed by atoms with van der Waals surface area (Å²) >= 11 is 5.67. The number of sulfonamides is 1. The summed E-state index contributed by atoms with van der Waals surface area (Å²) in [5.74, 6) is 0.335. The molecule has 0 unspecified atom stereocenters. The molecule has 2 heterocycles. The van der Waals surface area contributed by atoms with Crippen molar-refractivity contribution < 1.29 is 8.42 Å². The van der Waals surface area contributed by atoms with Gasteiger partial charge in [-0.05, 0) is 31.6 Å². The third-order valence-corrected chi connectivity index (χ3v) is 5.36. The van der Waals surface area contributed by atoms with Gasteiger partial charge >= 0.3 is 0 Å². The summed E-state index contributed by atoms with van der Waals surface area (Å²) < 4.78 is 26.4. The molecule has 2 rings (SSSR count). The number of hydrogen-bond acceptors (Lipinski definition) is 4. The largest absolute Gasteiger partial charge is 0.305 e. The topological polar surface area (TPSA) is 53.5 Å². The lowest BCUT2D eigenvalue weighted by molar-refractivity contribution is 0.347. The molecule has 0 aliphatic carbocycles. The van der Waals surface area contributed by atoms with Crippen molar-refractivity contribution in [1.82, 2.24) is 14.2 Å². The quantitative estimate of drug-likeness (QED) is 0.786. The Morgan fingerprint density at radius 2 is 2.05 bits per heavy atom. The van der Waals surface area contributed by atoms with Crippen LogP contribution in [0.5, 0.6) is 0 Å². The molecule has 0 atom stereocenters. The molecular formula is C12H18ClN3O2S. The number of rotatable bonds is 3. The van der Waals surface area contributed by atoms with Gasteiger partial charge in [0.25, 0.3) is 10.0 Å². The molecule has 1 fully saturated rings. The summed E-state index contributed by atoms with van der Waals surface area (Å²) in [7, 11) is -1.48. The maximum absolute atomic E-state index is 12.5. The van der Waals surface area contributed by atoms with Crippen molar-refractivity contribution in [3.63, 3.8) is 0 Å². The summed E-state index contributed by atoms with van der Waals surface area (Å²) in [4.78, 5) is 6.16. The standard InChI is InChI=1S/C12H18ClN3O2S/c1-15-5-2-6-16(8-7-15)19(17,18)12-4-3-11(9-13)10-14-12/h3-4,10H,2,5-9H2,1H3. The van der Waals surface area contributed by atoms with Crippen LogP contribution in [0, 0.1) is 0 Å².